The third-order valence-corrected chi connectivity index (χ3v) is 5.53. The monoisotopic (exact) mass is 412 g/mol. The van der Waals surface area contributed by atoms with Crippen LogP contribution in [0.3, 0.4) is 0 Å². The number of hydrogen-bond donors (Lipinski definition) is 2. The molecule has 1 aliphatic heterocycles. The lowest BCUT2D eigenvalue weighted by molar-refractivity contribution is -0.133. The molecular weight excluding hydrogens is 383 g/mol. The molecule has 0 aromatic heterocycles. The smallest absolute Gasteiger partial charge is 0.225 e. The van der Waals surface area contributed by atoms with E-state index in [2.05, 4.69) is 29.5 Å². The van der Waals surface area contributed by atoms with Gasteiger partial charge < -0.3 is 15.5 Å². The summed E-state index contributed by atoms with van der Waals surface area (Å²) in [7, 11) is 1.75. The number of nitrogens with one attached hydrogen (secondary N) is 2. The van der Waals surface area contributed by atoms with Crippen molar-refractivity contribution in [1.29, 1.82) is 0 Å². The number of aliphatic imine (C=N–C) groups is 1. The zero-order valence-corrected chi connectivity index (χ0v) is 18.3. The standard InChI is InChI=1S/C20H30Cl2N4O/c1-13(2)18(27)26-10-9-14(11-26)25-19(23-5)24-12-20(3,4)17-15(21)7-6-8-16(17)22/h6-8,13-14H,9-12H2,1-5H3,(H2,23,24,25). The third-order valence-electron chi connectivity index (χ3n) is 4.90. The second-order valence-electron chi connectivity index (χ2n) is 7.98. The minimum atomic E-state index is -0.275. The predicted molar refractivity (Wildman–Crippen MR) is 114 cm³/mol. The predicted octanol–water partition coefficient (Wildman–Crippen LogP) is 3.69. The molecule has 1 unspecified atom stereocenters. The highest BCUT2D eigenvalue weighted by Crippen LogP contribution is 2.35. The lowest BCUT2D eigenvalue weighted by Gasteiger charge is -2.29. The summed E-state index contributed by atoms with van der Waals surface area (Å²) in [5.41, 5.74) is 0.647. The van der Waals surface area contributed by atoms with Gasteiger partial charge in [-0.2, -0.15) is 0 Å². The Kier molecular flexibility index (Phi) is 7.40. The van der Waals surface area contributed by atoms with Gasteiger partial charge in [0.2, 0.25) is 5.91 Å². The van der Waals surface area contributed by atoms with E-state index < -0.39 is 0 Å². The third kappa shape index (κ3) is 5.52. The number of halogens is 2. The van der Waals surface area contributed by atoms with E-state index in [9.17, 15) is 4.79 Å². The van der Waals surface area contributed by atoms with Gasteiger partial charge in [0.1, 0.15) is 0 Å². The van der Waals surface area contributed by atoms with E-state index in [-0.39, 0.29) is 23.3 Å². The van der Waals surface area contributed by atoms with Crippen molar-refractivity contribution < 1.29 is 4.79 Å². The fraction of sp³-hybridized carbons (Fsp3) is 0.600. The van der Waals surface area contributed by atoms with E-state index in [1.54, 1.807) is 7.05 Å². The largest absolute Gasteiger partial charge is 0.356 e. The summed E-state index contributed by atoms with van der Waals surface area (Å²) in [6.07, 6.45) is 0.916. The van der Waals surface area contributed by atoms with Gasteiger partial charge in [0.05, 0.1) is 0 Å². The number of likely N-dealkylation sites (tertiary alicyclic amines) is 1. The highest BCUT2D eigenvalue weighted by atomic mass is 35.5. The van der Waals surface area contributed by atoms with Gasteiger partial charge in [-0.25, -0.2) is 0 Å². The topological polar surface area (TPSA) is 56.7 Å². The average molecular weight is 413 g/mol. The zero-order valence-electron chi connectivity index (χ0n) is 16.8. The van der Waals surface area contributed by atoms with Crippen LogP contribution in [0.2, 0.25) is 10.0 Å². The van der Waals surface area contributed by atoms with E-state index in [0.717, 1.165) is 24.5 Å². The van der Waals surface area contributed by atoms with Gasteiger partial charge >= 0.3 is 0 Å². The lowest BCUT2D eigenvalue weighted by atomic mass is 9.84. The van der Waals surface area contributed by atoms with Gasteiger partial charge in [-0.05, 0) is 24.1 Å². The highest BCUT2D eigenvalue weighted by molar-refractivity contribution is 6.36. The SMILES string of the molecule is CN=C(NCC(C)(C)c1c(Cl)cccc1Cl)NC1CCN(C(=O)C(C)C)C1. The van der Waals surface area contributed by atoms with Crippen molar-refractivity contribution in [3.63, 3.8) is 0 Å². The molecule has 1 saturated heterocycles. The van der Waals surface area contributed by atoms with Gasteiger partial charge in [0.15, 0.2) is 5.96 Å². The maximum atomic E-state index is 12.2. The molecule has 2 N–H and O–H groups in total. The Morgan fingerprint density at radius 2 is 1.96 bits per heavy atom. The molecule has 1 heterocycles. The van der Waals surface area contributed by atoms with Gasteiger partial charge in [-0.15, -0.1) is 0 Å². The number of carbonyl (C=O) groups is 1. The Balaban J connectivity index is 1.95. The van der Waals surface area contributed by atoms with Crippen LogP contribution in [0, 0.1) is 5.92 Å². The molecule has 1 aromatic carbocycles. The molecule has 1 atom stereocenters. The molecule has 1 aliphatic rings. The summed E-state index contributed by atoms with van der Waals surface area (Å²) in [6.45, 7) is 10.2. The first-order chi connectivity index (χ1) is 12.7. The van der Waals surface area contributed by atoms with Crippen LogP contribution in [0.4, 0.5) is 0 Å². The molecule has 27 heavy (non-hydrogen) atoms. The summed E-state index contributed by atoms with van der Waals surface area (Å²) in [6, 6.07) is 5.76. The van der Waals surface area contributed by atoms with Crippen LogP contribution in [0.25, 0.3) is 0 Å². The van der Waals surface area contributed by atoms with Crippen molar-refractivity contribution in [1.82, 2.24) is 15.5 Å². The van der Waals surface area contributed by atoms with Gasteiger partial charge in [0, 0.05) is 54.1 Å². The molecule has 5 nitrogen and oxygen atoms in total. The minimum absolute atomic E-state index is 0.0300. The molecule has 2 rings (SSSR count). The Bertz CT molecular complexity index is 683. The number of nitrogens with zero attached hydrogens (tertiary/aromatic N) is 2. The van der Waals surface area contributed by atoms with E-state index in [0.29, 0.717) is 23.1 Å². The molecule has 0 bridgehead atoms. The average Bonchev–Trinajstić information content (AvgIpc) is 3.05. The quantitative estimate of drug-likeness (QED) is 0.572. The summed E-state index contributed by atoms with van der Waals surface area (Å²) < 4.78 is 0. The Hall–Kier alpha value is -1.46. The molecule has 0 saturated carbocycles. The van der Waals surface area contributed by atoms with Crippen LogP contribution in [0.15, 0.2) is 23.2 Å². The first kappa shape index (κ1) is 21.8. The highest BCUT2D eigenvalue weighted by Gasteiger charge is 2.29. The summed E-state index contributed by atoms with van der Waals surface area (Å²) in [4.78, 5) is 18.4. The van der Waals surface area contributed by atoms with Crippen molar-refractivity contribution in [2.24, 2.45) is 10.9 Å². The molecule has 0 aliphatic carbocycles. The van der Waals surface area contributed by atoms with Crippen LogP contribution >= 0.6 is 23.2 Å². The second-order valence-corrected chi connectivity index (χ2v) is 8.79. The summed E-state index contributed by atoms with van der Waals surface area (Å²) in [5.74, 6) is 0.953. The van der Waals surface area contributed by atoms with Crippen molar-refractivity contribution >= 4 is 35.1 Å². The minimum Gasteiger partial charge on any atom is -0.356 e. The maximum absolute atomic E-state index is 12.2. The van der Waals surface area contributed by atoms with Crippen molar-refractivity contribution in [2.45, 2.75) is 45.6 Å². The van der Waals surface area contributed by atoms with Crippen LogP contribution in [0.5, 0.6) is 0 Å². The summed E-state index contributed by atoms with van der Waals surface area (Å²) >= 11 is 12.8. The molecule has 1 amide bonds. The first-order valence-corrected chi connectivity index (χ1v) is 10.1. The Morgan fingerprint density at radius 3 is 2.52 bits per heavy atom. The van der Waals surface area contributed by atoms with E-state index >= 15 is 0 Å². The van der Waals surface area contributed by atoms with Crippen LogP contribution in [-0.2, 0) is 10.2 Å². The van der Waals surface area contributed by atoms with Crippen LogP contribution < -0.4 is 10.6 Å². The number of carbonyl (C=O) groups excluding carboxylic acids is 1. The molecule has 7 heteroatoms. The van der Waals surface area contributed by atoms with Crippen molar-refractivity contribution in [2.75, 3.05) is 26.7 Å². The zero-order chi connectivity index (χ0) is 20.2. The van der Waals surface area contributed by atoms with Crippen molar-refractivity contribution in [3.05, 3.63) is 33.8 Å². The van der Waals surface area contributed by atoms with Crippen LogP contribution in [0.1, 0.15) is 39.7 Å². The molecule has 1 fully saturated rings. The number of hydrogen-bond acceptors (Lipinski definition) is 2. The maximum Gasteiger partial charge on any atom is 0.225 e. The molecule has 150 valence electrons. The number of guanidine groups is 1. The van der Waals surface area contributed by atoms with Gasteiger partial charge in [-0.1, -0.05) is 57.0 Å². The summed E-state index contributed by atoms with van der Waals surface area (Å²) in [5, 5.41) is 8.12. The molecule has 0 radical (unpaired) electrons. The Labute approximate surface area is 172 Å². The number of rotatable bonds is 5. The first-order valence-electron chi connectivity index (χ1n) is 9.36. The van der Waals surface area contributed by atoms with Gasteiger partial charge in [-0.3, -0.25) is 9.79 Å². The number of amides is 1. The van der Waals surface area contributed by atoms with E-state index in [4.69, 9.17) is 23.2 Å². The molecule has 0 spiro atoms. The lowest BCUT2D eigenvalue weighted by Crippen LogP contribution is -2.48. The fourth-order valence-corrected chi connectivity index (χ4v) is 4.28. The fourth-order valence-electron chi connectivity index (χ4n) is 3.37. The normalized spacial score (nSPS) is 18.1. The molecule has 1 aromatic rings. The number of benzene rings is 1. The van der Waals surface area contributed by atoms with E-state index in [1.165, 1.54) is 0 Å². The second kappa shape index (κ2) is 9.16. The van der Waals surface area contributed by atoms with Crippen molar-refractivity contribution in [3.8, 4) is 0 Å². The van der Waals surface area contributed by atoms with Crippen LogP contribution in [-0.4, -0.2) is 49.5 Å². The van der Waals surface area contributed by atoms with E-state index in [1.807, 2.05) is 36.9 Å². The molecular formula is C20H30Cl2N4O. The Morgan fingerprint density at radius 1 is 1.33 bits per heavy atom. The van der Waals surface area contributed by atoms with Gasteiger partial charge in [0.25, 0.3) is 0 Å².